The Morgan fingerprint density at radius 3 is 2.06 bits per heavy atom. The predicted molar refractivity (Wildman–Crippen MR) is 122 cm³/mol. The van der Waals surface area contributed by atoms with Crippen LogP contribution in [0.4, 0.5) is 18.9 Å². The second-order valence-electron chi connectivity index (χ2n) is 8.04. The van der Waals surface area contributed by atoms with Gasteiger partial charge in [0.25, 0.3) is 5.91 Å². The molecule has 0 radical (unpaired) electrons. The molecule has 1 aliphatic rings. The molecular formula is C25H25F3N4O3. The van der Waals surface area contributed by atoms with Crippen LogP contribution in [-0.2, 0) is 15.8 Å². The predicted octanol–water partition coefficient (Wildman–Crippen LogP) is 3.72. The highest BCUT2D eigenvalue weighted by Gasteiger charge is 2.31. The molecule has 10 heteroatoms. The molecule has 7 nitrogen and oxygen atoms in total. The van der Waals surface area contributed by atoms with Crippen LogP contribution in [0.25, 0.3) is 0 Å². The number of hydrogen-bond acceptors (Lipinski definition) is 4. The number of piperazine rings is 1. The lowest BCUT2D eigenvalue weighted by Gasteiger charge is -2.35. The van der Waals surface area contributed by atoms with E-state index in [1.165, 1.54) is 9.80 Å². The van der Waals surface area contributed by atoms with E-state index < -0.39 is 17.6 Å². The molecule has 35 heavy (non-hydrogen) atoms. The zero-order chi connectivity index (χ0) is 25.4. The quantitative estimate of drug-likeness (QED) is 0.597. The van der Waals surface area contributed by atoms with Crippen LogP contribution in [0.5, 0.6) is 0 Å². The number of carbonyl (C=O) groups excluding carboxylic acids is 3. The van der Waals surface area contributed by atoms with Crippen molar-refractivity contribution in [3.05, 3.63) is 65.7 Å². The minimum absolute atomic E-state index is 0.00156. The number of alkyl halides is 3. The third-order valence-corrected chi connectivity index (χ3v) is 5.75. The summed E-state index contributed by atoms with van der Waals surface area (Å²) in [7, 11) is 0. The topological polar surface area (TPSA) is 84.7 Å². The molecule has 0 unspecified atom stereocenters. The Labute approximate surface area is 201 Å². The SMILES string of the molecule is N#CCCN(C(=O)CCC(=O)N1CCN(C(=O)c2ccc(C(F)(F)F)cc2)CC1)c1ccccc1. The van der Waals surface area contributed by atoms with Gasteiger partial charge in [0.15, 0.2) is 0 Å². The van der Waals surface area contributed by atoms with Gasteiger partial charge in [0.05, 0.1) is 18.1 Å². The molecule has 1 fully saturated rings. The van der Waals surface area contributed by atoms with Gasteiger partial charge < -0.3 is 14.7 Å². The molecule has 0 aliphatic carbocycles. The van der Waals surface area contributed by atoms with Gasteiger partial charge in [0, 0.05) is 56.8 Å². The van der Waals surface area contributed by atoms with E-state index in [2.05, 4.69) is 0 Å². The lowest BCUT2D eigenvalue weighted by atomic mass is 10.1. The first-order chi connectivity index (χ1) is 16.7. The first-order valence-electron chi connectivity index (χ1n) is 11.2. The maximum Gasteiger partial charge on any atom is 0.416 e. The summed E-state index contributed by atoms with van der Waals surface area (Å²) in [5.41, 5.74) is -0.00481. The van der Waals surface area contributed by atoms with E-state index in [4.69, 9.17) is 5.26 Å². The van der Waals surface area contributed by atoms with Crippen molar-refractivity contribution >= 4 is 23.4 Å². The largest absolute Gasteiger partial charge is 0.416 e. The number of amides is 3. The number of halogens is 3. The van der Waals surface area contributed by atoms with Gasteiger partial charge >= 0.3 is 6.18 Å². The maximum absolute atomic E-state index is 12.7. The lowest BCUT2D eigenvalue weighted by Crippen LogP contribution is -2.50. The average molecular weight is 486 g/mol. The highest BCUT2D eigenvalue weighted by atomic mass is 19.4. The summed E-state index contributed by atoms with van der Waals surface area (Å²) in [4.78, 5) is 42.6. The molecule has 0 bridgehead atoms. The summed E-state index contributed by atoms with van der Waals surface area (Å²) in [5, 5.41) is 8.89. The average Bonchev–Trinajstić information content (AvgIpc) is 2.87. The summed E-state index contributed by atoms with van der Waals surface area (Å²) >= 11 is 0. The van der Waals surface area contributed by atoms with E-state index in [1.54, 1.807) is 29.2 Å². The molecule has 0 spiro atoms. The van der Waals surface area contributed by atoms with E-state index in [0.717, 1.165) is 24.3 Å². The first-order valence-corrected chi connectivity index (χ1v) is 11.2. The fourth-order valence-electron chi connectivity index (χ4n) is 3.82. The van der Waals surface area contributed by atoms with Gasteiger partial charge in [0.1, 0.15) is 0 Å². The highest BCUT2D eigenvalue weighted by Crippen LogP contribution is 2.29. The molecule has 0 aromatic heterocycles. The van der Waals surface area contributed by atoms with Gasteiger partial charge in [-0.2, -0.15) is 18.4 Å². The molecule has 3 amide bonds. The number of anilines is 1. The molecule has 184 valence electrons. The van der Waals surface area contributed by atoms with Crippen molar-refractivity contribution < 1.29 is 27.6 Å². The molecule has 1 aliphatic heterocycles. The third-order valence-electron chi connectivity index (χ3n) is 5.75. The second-order valence-corrected chi connectivity index (χ2v) is 8.04. The van der Waals surface area contributed by atoms with Crippen molar-refractivity contribution in [3.8, 4) is 6.07 Å². The molecular weight excluding hydrogens is 461 g/mol. The molecule has 3 rings (SSSR count). The van der Waals surface area contributed by atoms with Gasteiger partial charge in [-0.15, -0.1) is 0 Å². The molecule has 0 saturated carbocycles. The Morgan fingerprint density at radius 2 is 1.49 bits per heavy atom. The van der Waals surface area contributed by atoms with Crippen molar-refractivity contribution in [1.82, 2.24) is 9.80 Å². The Kier molecular flexibility index (Phi) is 8.47. The number of benzene rings is 2. The van der Waals surface area contributed by atoms with Crippen LogP contribution in [-0.4, -0.2) is 60.2 Å². The summed E-state index contributed by atoms with van der Waals surface area (Å²) in [6, 6.07) is 15.0. The second kappa shape index (κ2) is 11.5. The number of nitrogens with zero attached hydrogens (tertiary/aromatic N) is 4. The molecule has 0 N–H and O–H groups in total. The van der Waals surface area contributed by atoms with Crippen molar-refractivity contribution in [2.75, 3.05) is 37.6 Å². The molecule has 1 heterocycles. The smallest absolute Gasteiger partial charge is 0.339 e. The van der Waals surface area contributed by atoms with Crippen molar-refractivity contribution in [2.24, 2.45) is 0 Å². The number of para-hydroxylation sites is 1. The fourth-order valence-corrected chi connectivity index (χ4v) is 3.82. The Hall–Kier alpha value is -3.87. The third kappa shape index (κ3) is 6.82. The zero-order valence-corrected chi connectivity index (χ0v) is 19.0. The van der Waals surface area contributed by atoms with Crippen LogP contribution >= 0.6 is 0 Å². The van der Waals surface area contributed by atoms with Gasteiger partial charge in [-0.05, 0) is 36.4 Å². The summed E-state index contributed by atoms with van der Waals surface area (Å²) in [6.45, 7) is 1.28. The van der Waals surface area contributed by atoms with Crippen LogP contribution in [0.3, 0.4) is 0 Å². The number of hydrogen-bond donors (Lipinski definition) is 0. The molecule has 2 aromatic rings. The maximum atomic E-state index is 12.7. The number of carbonyl (C=O) groups is 3. The zero-order valence-electron chi connectivity index (χ0n) is 19.0. The minimum Gasteiger partial charge on any atom is -0.339 e. The lowest BCUT2D eigenvalue weighted by molar-refractivity contribution is -0.137. The standard InChI is InChI=1S/C25H25F3N4O3/c26-25(27,28)20-9-7-19(8-10-20)24(35)31-17-15-30(16-18-31)22(33)11-12-23(34)32(14-4-13-29)21-5-2-1-3-6-21/h1-3,5-10H,4,11-12,14-18H2. The molecule has 0 atom stereocenters. The molecule has 2 aromatic carbocycles. The van der Waals surface area contributed by atoms with Gasteiger partial charge in [0.2, 0.25) is 11.8 Å². The van der Waals surface area contributed by atoms with E-state index in [1.807, 2.05) is 12.1 Å². The number of rotatable bonds is 7. The van der Waals surface area contributed by atoms with Gasteiger partial charge in [-0.3, -0.25) is 14.4 Å². The Morgan fingerprint density at radius 1 is 0.886 bits per heavy atom. The van der Waals surface area contributed by atoms with Crippen LogP contribution in [0.15, 0.2) is 54.6 Å². The summed E-state index contributed by atoms with van der Waals surface area (Å²) in [5.74, 6) is -0.860. The molecule has 1 saturated heterocycles. The van der Waals surface area contributed by atoms with Crippen LogP contribution in [0.2, 0.25) is 0 Å². The summed E-state index contributed by atoms with van der Waals surface area (Å²) < 4.78 is 38.2. The Bertz CT molecular complexity index is 1070. The van der Waals surface area contributed by atoms with Gasteiger partial charge in [-0.25, -0.2) is 0 Å². The Balaban J connectivity index is 1.50. The first kappa shape index (κ1) is 25.7. The van der Waals surface area contributed by atoms with Crippen LogP contribution in [0.1, 0.15) is 35.2 Å². The normalized spacial score (nSPS) is 13.8. The highest BCUT2D eigenvalue weighted by molar-refractivity contribution is 5.96. The van der Waals surface area contributed by atoms with Gasteiger partial charge in [-0.1, -0.05) is 18.2 Å². The van der Waals surface area contributed by atoms with E-state index in [9.17, 15) is 27.6 Å². The summed E-state index contributed by atoms with van der Waals surface area (Å²) in [6.07, 6.45) is -4.31. The number of nitriles is 1. The van der Waals surface area contributed by atoms with E-state index >= 15 is 0 Å². The van der Waals surface area contributed by atoms with E-state index in [-0.39, 0.29) is 69.4 Å². The minimum atomic E-state index is -4.47. The van der Waals surface area contributed by atoms with E-state index in [0.29, 0.717) is 5.69 Å². The van der Waals surface area contributed by atoms with Crippen LogP contribution < -0.4 is 4.90 Å². The van der Waals surface area contributed by atoms with Crippen molar-refractivity contribution in [2.45, 2.75) is 25.4 Å². The van der Waals surface area contributed by atoms with Crippen molar-refractivity contribution in [1.29, 1.82) is 5.26 Å². The monoisotopic (exact) mass is 486 g/mol. The van der Waals surface area contributed by atoms with Crippen molar-refractivity contribution in [3.63, 3.8) is 0 Å². The van der Waals surface area contributed by atoms with Crippen LogP contribution in [0, 0.1) is 11.3 Å². The fraction of sp³-hybridized carbons (Fsp3) is 0.360.